The normalized spacial score (nSPS) is 12.3. The molecule has 0 atom stereocenters. The zero-order valence-electron chi connectivity index (χ0n) is 14.0. The smallest absolute Gasteiger partial charge is 0.139 e. The first kappa shape index (κ1) is 15.3. The van der Waals surface area contributed by atoms with Crippen molar-refractivity contribution in [1.82, 2.24) is 0 Å². The van der Waals surface area contributed by atoms with Crippen LogP contribution in [-0.2, 0) is 9.47 Å². The summed E-state index contributed by atoms with van der Waals surface area (Å²) in [6, 6.07) is 24.3. The summed E-state index contributed by atoms with van der Waals surface area (Å²) in [5.41, 5.74) is 0. The van der Waals surface area contributed by atoms with Gasteiger partial charge in [-0.15, -0.1) is 0 Å². The van der Waals surface area contributed by atoms with Crippen molar-refractivity contribution in [3.63, 3.8) is 0 Å². The summed E-state index contributed by atoms with van der Waals surface area (Å²) in [4.78, 5) is 0. The van der Waals surface area contributed by atoms with E-state index in [1.807, 2.05) is 0 Å². The van der Waals surface area contributed by atoms with Crippen LogP contribution in [0.2, 0.25) is 0 Å². The van der Waals surface area contributed by atoms with E-state index < -0.39 is 9.52 Å². The van der Waals surface area contributed by atoms with Gasteiger partial charge in [0.2, 0.25) is 0 Å². The van der Waals surface area contributed by atoms with Crippen molar-refractivity contribution < 1.29 is 9.47 Å². The van der Waals surface area contributed by atoms with Gasteiger partial charge in [0.25, 0.3) is 0 Å². The molecule has 0 fully saturated rings. The van der Waals surface area contributed by atoms with Crippen LogP contribution in [0.25, 0.3) is 32.3 Å². The minimum absolute atomic E-state index is 0.0806. The van der Waals surface area contributed by atoms with Crippen LogP contribution in [0.4, 0.5) is 0 Å². The van der Waals surface area contributed by atoms with Gasteiger partial charge in [-0.3, -0.25) is 0 Å². The molecule has 0 aliphatic heterocycles. The molecule has 0 heterocycles. The van der Waals surface area contributed by atoms with Crippen LogP contribution in [0.1, 0.15) is 0 Å². The van der Waals surface area contributed by atoms with E-state index in [2.05, 4.69) is 66.7 Å². The third-order valence-corrected chi connectivity index (χ3v) is 6.76. The number of benzene rings is 4. The number of hydrogen-bond acceptors (Lipinski definition) is 2. The first-order valence-corrected chi connectivity index (χ1v) is 9.70. The van der Waals surface area contributed by atoms with Gasteiger partial charge in [0.1, 0.15) is 15.4 Å². The van der Waals surface area contributed by atoms with Gasteiger partial charge >= 0.3 is 0 Å². The van der Waals surface area contributed by atoms with E-state index >= 15 is 0 Å². The van der Waals surface area contributed by atoms with E-state index in [-0.39, 0.29) is 5.91 Å². The Kier molecular flexibility index (Phi) is 4.06. The van der Waals surface area contributed by atoms with Gasteiger partial charge in [-0.25, -0.2) is 0 Å². The summed E-state index contributed by atoms with van der Waals surface area (Å²) in [7, 11) is 2.76. The summed E-state index contributed by atoms with van der Waals surface area (Å²) in [5, 5.41) is 9.14. The molecule has 2 nitrogen and oxygen atoms in total. The second-order valence-electron chi connectivity index (χ2n) is 6.14. The zero-order valence-corrected chi connectivity index (χ0v) is 15.4. The maximum absolute atomic E-state index is 5.44. The molecule has 0 saturated heterocycles. The van der Waals surface area contributed by atoms with E-state index in [9.17, 15) is 0 Å². The average molecular weight is 332 g/mol. The molecular formula is C21H20O2Si. The number of hydrogen-bond donors (Lipinski definition) is 0. The molecule has 0 aliphatic rings. The lowest BCUT2D eigenvalue weighted by molar-refractivity contribution is -0.0429. The van der Waals surface area contributed by atoms with Gasteiger partial charge in [0.15, 0.2) is 0 Å². The largest absolute Gasteiger partial charge is 0.360 e. The molecule has 0 N–H and O–H groups in total. The first-order chi connectivity index (χ1) is 11.8. The maximum atomic E-state index is 5.44. The van der Waals surface area contributed by atoms with Crippen molar-refractivity contribution in [2.45, 2.75) is 5.91 Å². The predicted molar refractivity (Wildman–Crippen MR) is 105 cm³/mol. The molecule has 4 rings (SSSR count). The zero-order chi connectivity index (χ0) is 16.5. The Morgan fingerprint density at radius 3 is 1.92 bits per heavy atom. The SMILES string of the molecule is COC(OC)[SiH2]c1cccc2cc3cc4ccccc4cc3cc12. The Morgan fingerprint density at radius 1 is 0.667 bits per heavy atom. The molecule has 0 aromatic heterocycles. The molecule has 4 aromatic carbocycles. The standard InChI is InChI=1S/C21H20O2Si/c1-22-21(23-2)24-20-9-5-8-16-12-17-10-14-6-3-4-7-15(14)11-18(17)13-19(16)20/h3-13,21H,24H2,1-2H3. The fourth-order valence-electron chi connectivity index (χ4n) is 3.40. The van der Waals surface area contributed by atoms with Crippen LogP contribution >= 0.6 is 0 Å². The van der Waals surface area contributed by atoms with Gasteiger partial charge in [0.05, 0.1) is 0 Å². The van der Waals surface area contributed by atoms with E-state index in [4.69, 9.17) is 9.47 Å². The van der Waals surface area contributed by atoms with Gasteiger partial charge in [-0.1, -0.05) is 47.7 Å². The van der Waals surface area contributed by atoms with E-state index in [0.717, 1.165) is 0 Å². The Hall–Kier alpha value is -2.20. The molecular weight excluding hydrogens is 312 g/mol. The lowest BCUT2D eigenvalue weighted by Gasteiger charge is -2.15. The Labute approximate surface area is 143 Å². The molecule has 4 aromatic rings. The predicted octanol–water partition coefficient (Wildman–Crippen LogP) is 3.52. The molecule has 0 radical (unpaired) electrons. The van der Waals surface area contributed by atoms with Crippen molar-refractivity contribution in [2.24, 2.45) is 0 Å². The number of rotatable bonds is 4. The van der Waals surface area contributed by atoms with Crippen molar-refractivity contribution >= 4 is 47.0 Å². The minimum atomic E-state index is -0.671. The topological polar surface area (TPSA) is 18.5 Å². The van der Waals surface area contributed by atoms with Crippen LogP contribution in [0.3, 0.4) is 0 Å². The molecule has 0 saturated carbocycles. The molecule has 24 heavy (non-hydrogen) atoms. The highest BCUT2D eigenvalue weighted by Crippen LogP contribution is 2.26. The van der Waals surface area contributed by atoms with Crippen LogP contribution in [0, 0.1) is 0 Å². The summed E-state index contributed by atoms with van der Waals surface area (Å²) >= 11 is 0. The second-order valence-corrected chi connectivity index (χ2v) is 7.98. The van der Waals surface area contributed by atoms with E-state index in [0.29, 0.717) is 0 Å². The second kappa shape index (κ2) is 6.36. The summed E-state index contributed by atoms with van der Waals surface area (Å²) in [5.74, 6) is -0.0806. The van der Waals surface area contributed by atoms with Crippen LogP contribution in [0.15, 0.2) is 66.7 Å². The summed E-state index contributed by atoms with van der Waals surface area (Å²) < 4.78 is 10.9. The highest BCUT2D eigenvalue weighted by Gasteiger charge is 2.11. The molecule has 3 heteroatoms. The lowest BCUT2D eigenvalue weighted by atomic mass is 10.00. The summed E-state index contributed by atoms with van der Waals surface area (Å²) in [6.07, 6.45) is 0. The van der Waals surface area contributed by atoms with Crippen LogP contribution in [0.5, 0.6) is 0 Å². The van der Waals surface area contributed by atoms with Gasteiger partial charge < -0.3 is 9.47 Å². The number of ether oxygens (including phenoxy) is 2. The van der Waals surface area contributed by atoms with E-state index in [1.54, 1.807) is 14.2 Å². The molecule has 0 bridgehead atoms. The third-order valence-electron chi connectivity index (χ3n) is 4.70. The molecule has 0 aliphatic carbocycles. The Bertz CT molecular complexity index is 1020. The lowest BCUT2D eigenvalue weighted by Crippen LogP contribution is -2.31. The molecule has 0 spiro atoms. The van der Waals surface area contributed by atoms with Crippen molar-refractivity contribution in [1.29, 1.82) is 0 Å². The number of fused-ring (bicyclic) bond motifs is 3. The van der Waals surface area contributed by atoms with Gasteiger partial charge in [-0.05, 0) is 56.6 Å². The maximum Gasteiger partial charge on any atom is 0.139 e. The Balaban J connectivity index is 1.93. The highest BCUT2D eigenvalue weighted by molar-refractivity contribution is 6.58. The van der Waals surface area contributed by atoms with Gasteiger partial charge in [-0.2, -0.15) is 0 Å². The Morgan fingerprint density at radius 2 is 1.25 bits per heavy atom. The van der Waals surface area contributed by atoms with Crippen LogP contribution < -0.4 is 5.19 Å². The fourth-order valence-corrected chi connectivity index (χ4v) is 4.89. The van der Waals surface area contributed by atoms with Crippen molar-refractivity contribution in [3.8, 4) is 0 Å². The monoisotopic (exact) mass is 332 g/mol. The molecule has 0 amide bonds. The minimum Gasteiger partial charge on any atom is -0.360 e. The number of methoxy groups -OCH3 is 2. The fraction of sp³-hybridized carbons (Fsp3) is 0.143. The van der Waals surface area contributed by atoms with Gasteiger partial charge in [0, 0.05) is 14.2 Å². The molecule has 0 unspecified atom stereocenters. The van der Waals surface area contributed by atoms with Crippen molar-refractivity contribution in [3.05, 3.63) is 66.7 Å². The summed E-state index contributed by atoms with van der Waals surface area (Å²) in [6.45, 7) is 0. The third kappa shape index (κ3) is 2.71. The van der Waals surface area contributed by atoms with Crippen molar-refractivity contribution in [2.75, 3.05) is 14.2 Å². The average Bonchev–Trinajstić information content (AvgIpc) is 2.62. The highest BCUT2D eigenvalue weighted by atomic mass is 28.2. The quantitative estimate of drug-likeness (QED) is 0.323. The molecule has 120 valence electrons. The van der Waals surface area contributed by atoms with Crippen LogP contribution in [-0.4, -0.2) is 29.7 Å². The van der Waals surface area contributed by atoms with E-state index in [1.165, 1.54) is 37.5 Å². The first-order valence-electron chi connectivity index (χ1n) is 8.18.